The van der Waals surface area contributed by atoms with Gasteiger partial charge in [-0.25, -0.2) is 0 Å². The Morgan fingerprint density at radius 3 is 2.43 bits per heavy atom. The Morgan fingerprint density at radius 1 is 0.964 bits per heavy atom. The second-order valence-electron chi connectivity index (χ2n) is 5.93. The van der Waals surface area contributed by atoms with Crippen LogP contribution in [-0.4, -0.2) is 19.5 Å². The van der Waals surface area contributed by atoms with Crippen LogP contribution >= 0.6 is 0 Å². The van der Waals surface area contributed by atoms with Crippen LogP contribution in [0.3, 0.4) is 0 Å². The molecule has 5 nitrogen and oxygen atoms in total. The molecule has 3 aromatic rings. The third-order valence-corrected chi connectivity index (χ3v) is 3.95. The lowest BCUT2D eigenvalue weighted by Gasteiger charge is -2.06. The van der Waals surface area contributed by atoms with Crippen molar-refractivity contribution in [3.8, 4) is 17.2 Å². The summed E-state index contributed by atoms with van der Waals surface area (Å²) in [7, 11) is 1.57. The first-order valence-corrected chi connectivity index (χ1v) is 8.99. The first-order valence-electron chi connectivity index (χ1n) is 8.99. The van der Waals surface area contributed by atoms with E-state index in [1.807, 2.05) is 37.3 Å². The molecule has 0 N–H and O–H groups in total. The van der Waals surface area contributed by atoms with Gasteiger partial charge in [0.05, 0.1) is 13.7 Å². The minimum atomic E-state index is -0.123. The Hall–Kier alpha value is -3.47. The summed E-state index contributed by atoms with van der Waals surface area (Å²) >= 11 is 0. The van der Waals surface area contributed by atoms with Gasteiger partial charge < -0.3 is 18.6 Å². The second-order valence-corrected chi connectivity index (χ2v) is 5.93. The molecule has 0 aliphatic rings. The molecule has 0 amide bonds. The number of ketones is 1. The van der Waals surface area contributed by atoms with Gasteiger partial charge in [-0.3, -0.25) is 4.79 Å². The molecular formula is C23H22O5. The fourth-order valence-electron chi connectivity index (χ4n) is 2.55. The minimum absolute atomic E-state index is 0.123. The topological polar surface area (TPSA) is 57.9 Å². The van der Waals surface area contributed by atoms with Crippen molar-refractivity contribution in [2.45, 2.75) is 13.5 Å². The van der Waals surface area contributed by atoms with Crippen molar-refractivity contribution in [2.75, 3.05) is 13.7 Å². The number of methoxy groups -OCH3 is 1. The van der Waals surface area contributed by atoms with Crippen molar-refractivity contribution < 1.29 is 23.4 Å². The average molecular weight is 378 g/mol. The molecular weight excluding hydrogens is 356 g/mol. The SMILES string of the molecule is CCOc1ccc(OCc2ccc(/C=C/C(=O)c3cccc(OC)c3)o2)cc1. The predicted octanol–water partition coefficient (Wildman–Crippen LogP) is 5.16. The number of benzene rings is 2. The lowest BCUT2D eigenvalue weighted by atomic mass is 10.1. The first-order chi connectivity index (χ1) is 13.7. The summed E-state index contributed by atoms with van der Waals surface area (Å²) in [4.78, 5) is 12.3. The Bertz CT molecular complexity index is 938. The van der Waals surface area contributed by atoms with Crippen LogP contribution in [-0.2, 0) is 6.61 Å². The van der Waals surface area contributed by atoms with Gasteiger partial charge in [-0.05, 0) is 67.6 Å². The van der Waals surface area contributed by atoms with Gasteiger partial charge in [0.25, 0.3) is 0 Å². The molecule has 1 heterocycles. The van der Waals surface area contributed by atoms with Crippen molar-refractivity contribution in [2.24, 2.45) is 0 Å². The van der Waals surface area contributed by atoms with Crippen LogP contribution in [0, 0.1) is 0 Å². The number of furan rings is 1. The molecule has 0 radical (unpaired) electrons. The van der Waals surface area contributed by atoms with Gasteiger partial charge in [-0.2, -0.15) is 0 Å². The summed E-state index contributed by atoms with van der Waals surface area (Å²) in [5, 5.41) is 0. The van der Waals surface area contributed by atoms with Crippen LogP contribution < -0.4 is 14.2 Å². The van der Waals surface area contributed by atoms with Gasteiger partial charge in [0.1, 0.15) is 35.4 Å². The molecule has 0 unspecified atom stereocenters. The van der Waals surface area contributed by atoms with Crippen molar-refractivity contribution >= 4 is 11.9 Å². The van der Waals surface area contributed by atoms with Crippen molar-refractivity contribution in [3.63, 3.8) is 0 Å². The normalized spacial score (nSPS) is 10.8. The highest BCUT2D eigenvalue weighted by molar-refractivity contribution is 6.06. The van der Waals surface area contributed by atoms with E-state index in [1.54, 1.807) is 43.5 Å². The van der Waals surface area contributed by atoms with E-state index in [4.69, 9.17) is 18.6 Å². The molecule has 144 valence electrons. The van der Waals surface area contributed by atoms with Crippen molar-refractivity contribution in [3.05, 3.63) is 83.8 Å². The van der Waals surface area contributed by atoms with Gasteiger partial charge in [-0.15, -0.1) is 0 Å². The summed E-state index contributed by atoms with van der Waals surface area (Å²) in [6, 6.07) is 18.1. The lowest BCUT2D eigenvalue weighted by Crippen LogP contribution is -1.95. The molecule has 0 fully saturated rings. The van der Waals surface area contributed by atoms with E-state index >= 15 is 0 Å². The maximum absolute atomic E-state index is 12.3. The van der Waals surface area contributed by atoms with Gasteiger partial charge in [0.15, 0.2) is 5.78 Å². The predicted molar refractivity (Wildman–Crippen MR) is 107 cm³/mol. The summed E-state index contributed by atoms with van der Waals surface area (Å²) in [5.41, 5.74) is 0.557. The van der Waals surface area contributed by atoms with Crippen LogP contribution in [0.4, 0.5) is 0 Å². The second kappa shape index (κ2) is 9.46. The Balaban J connectivity index is 1.56. The zero-order chi connectivity index (χ0) is 19.8. The number of hydrogen-bond donors (Lipinski definition) is 0. The van der Waals surface area contributed by atoms with Gasteiger partial charge in [0.2, 0.25) is 0 Å². The molecule has 2 aromatic carbocycles. The average Bonchev–Trinajstić information content (AvgIpc) is 3.19. The summed E-state index contributed by atoms with van der Waals surface area (Å²) in [6.07, 6.45) is 3.12. The van der Waals surface area contributed by atoms with Crippen LogP contribution in [0.1, 0.15) is 28.8 Å². The molecule has 3 rings (SSSR count). The molecule has 0 bridgehead atoms. The summed E-state index contributed by atoms with van der Waals surface area (Å²) < 4.78 is 21.9. The number of ether oxygens (including phenoxy) is 3. The molecule has 28 heavy (non-hydrogen) atoms. The quantitative estimate of drug-likeness (QED) is 0.380. The van der Waals surface area contributed by atoms with Crippen molar-refractivity contribution in [1.82, 2.24) is 0 Å². The fraction of sp³-hybridized carbons (Fsp3) is 0.174. The molecule has 0 saturated carbocycles. The van der Waals surface area contributed by atoms with Crippen LogP contribution in [0.5, 0.6) is 17.2 Å². The molecule has 0 aliphatic carbocycles. The standard InChI is InChI=1S/C23H22O5/c1-3-26-18-7-9-19(10-8-18)27-16-22-12-11-20(28-22)13-14-23(24)17-5-4-6-21(15-17)25-2/h4-15H,3,16H2,1-2H3/b14-13+. The highest BCUT2D eigenvalue weighted by Crippen LogP contribution is 2.20. The van der Waals surface area contributed by atoms with Gasteiger partial charge >= 0.3 is 0 Å². The van der Waals surface area contributed by atoms with Crippen LogP contribution in [0.15, 0.2) is 71.2 Å². The van der Waals surface area contributed by atoms with Crippen LogP contribution in [0.25, 0.3) is 6.08 Å². The van der Waals surface area contributed by atoms with E-state index in [2.05, 4.69) is 0 Å². The Kier molecular flexibility index (Phi) is 6.52. The molecule has 0 atom stereocenters. The Labute approximate surface area is 164 Å². The molecule has 0 spiro atoms. The molecule has 0 saturated heterocycles. The van der Waals surface area contributed by atoms with Gasteiger partial charge in [-0.1, -0.05) is 12.1 Å². The monoisotopic (exact) mass is 378 g/mol. The number of rotatable bonds is 9. The van der Waals surface area contributed by atoms with Gasteiger partial charge in [0, 0.05) is 5.56 Å². The van der Waals surface area contributed by atoms with E-state index in [9.17, 15) is 4.79 Å². The molecule has 1 aromatic heterocycles. The fourth-order valence-corrected chi connectivity index (χ4v) is 2.55. The van der Waals surface area contributed by atoms with E-state index in [0.29, 0.717) is 36.0 Å². The molecule has 0 aliphatic heterocycles. The lowest BCUT2D eigenvalue weighted by molar-refractivity contribution is 0.104. The number of carbonyl (C=O) groups is 1. The summed E-state index contributed by atoms with van der Waals surface area (Å²) in [6.45, 7) is 2.87. The largest absolute Gasteiger partial charge is 0.497 e. The first kappa shape index (κ1) is 19.3. The highest BCUT2D eigenvalue weighted by Gasteiger charge is 2.05. The number of allylic oxidation sites excluding steroid dienone is 1. The third-order valence-electron chi connectivity index (χ3n) is 3.95. The third kappa shape index (κ3) is 5.27. The Morgan fingerprint density at radius 2 is 1.71 bits per heavy atom. The summed E-state index contributed by atoms with van der Waals surface area (Å²) in [5.74, 6) is 3.31. The van der Waals surface area contributed by atoms with E-state index in [0.717, 1.165) is 11.5 Å². The maximum atomic E-state index is 12.3. The van der Waals surface area contributed by atoms with E-state index in [-0.39, 0.29) is 5.78 Å². The van der Waals surface area contributed by atoms with Crippen LogP contribution in [0.2, 0.25) is 0 Å². The minimum Gasteiger partial charge on any atom is -0.497 e. The van der Waals surface area contributed by atoms with E-state index < -0.39 is 0 Å². The highest BCUT2D eigenvalue weighted by atomic mass is 16.5. The van der Waals surface area contributed by atoms with E-state index in [1.165, 1.54) is 6.08 Å². The van der Waals surface area contributed by atoms with Crippen molar-refractivity contribution in [1.29, 1.82) is 0 Å². The molecule has 5 heteroatoms. The zero-order valence-corrected chi connectivity index (χ0v) is 15.9. The smallest absolute Gasteiger partial charge is 0.186 e. The maximum Gasteiger partial charge on any atom is 0.186 e. The number of hydrogen-bond acceptors (Lipinski definition) is 5. The zero-order valence-electron chi connectivity index (χ0n) is 15.9. The number of carbonyl (C=O) groups excluding carboxylic acids is 1.